The lowest BCUT2D eigenvalue weighted by atomic mass is 10.0. The normalized spacial score (nSPS) is 16.8. The van der Waals surface area contributed by atoms with Crippen LogP contribution in [0.15, 0.2) is 23.1 Å². The average molecular weight is 397 g/mol. The first kappa shape index (κ1) is 21.4. The maximum Gasteiger partial charge on any atom is 0.328 e. The number of piperidine rings is 1. The fraction of sp³-hybridized carbons (Fsp3) is 0.579. The summed E-state index contributed by atoms with van der Waals surface area (Å²) in [7, 11) is -2.39. The van der Waals surface area contributed by atoms with Crippen LogP contribution in [0.4, 0.5) is 0 Å². The van der Waals surface area contributed by atoms with Gasteiger partial charge in [-0.1, -0.05) is 26.3 Å². The van der Waals surface area contributed by atoms with Crippen molar-refractivity contribution in [2.75, 3.05) is 20.2 Å². The van der Waals surface area contributed by atoms with E-state index in [1.165, 1.54) is 17.5 Å². The van der Waals surface area contributed by atoms with Gasteiger partial charge in [0.1, 0.15) is 6.04 Å². The summed E-state index contributed by atoms with van der Waals surface area (Å²) in [4.78, 5) is 24.6. The van der Waals surface area contributed by atoms with Crippen LogP contribution in [0, 0.1) is 12.8 Å². The van der Waals surface area contributed by atoms with Crippen LogP contribution in [0.1, 0.15) is 49.0 Å². The zero-order valence-electron chi connectivity index (χ0n) is 16.3. The molecule has 27 heavy (non-hydrogen) atoms. The van der Waals surface area contributed by atoms with Crippen LogP contribution in [0.25, 0.3) is 0 Å². The van der Waals surface area contributed by atoms with Crippen LogP contribution >= 0.6 is 0 Å². The zero-order chi connectivity index (χ0) is 20.2. The molecule has 0 unspecified atom stereocenters. The molecule has 2 rings (SSSR count). The number of hydrogen-bond acceptors (Lipinski definition) is 5. The number of esters is 1. The van der Waals surface area contributed by atoms with Crippen LogP contribution in [0.3, 0.4) is 0 Å². The number of nitrogens with one attached hydrogen (secondary N) is 1. The summed E-state index contributed by atoms with van der Waals surface area (Å²) in [5, 5.41) is 2.64. The molecule has 150 valence electrons. The molecule has 1 N–H and O–H groups in total. The highest BCUT2D eigenvalue weighted by molar-refractivity contribution is 7.89. The van der Waals surface area contributed by atoms with E-state index in [1.54, 1.807) is 32.9 Å². The van der Waals surface area contributed by atoms with Gasteiger partial charge in [-0.3, -0.25) is 4.79 Å². The number of methoxy groups -OCH3 is 1. The first-order chi connectivity index (χ1) is 12.7. The third kappa shape index (κ3) is 4.87. The molecule has 1 saturated heterocycles. The van der Waals surface area contributed by atoms with Crippen molar-refractivity contribution in [2.45, 2.75) is 51.0 Å². The van der Waals surface area contributed by atoms with Gasteiger partial charge in [0, 0.05) is 18.7 Å². The van der Waals surface area contributed by atoms with Crippen molar-refractivity contribution in [1.82, 2.24) is 9.62 Å². The van der Waals surface area contributed by atoms with Crippen molar-refractivity contribution >= 4 is 21.9 Å². The molecule has 1 atom stereocenters. The van der Waals surface area contributed by atoms with Crippen LogP contribution in [0.5, 0.6) is 0 Å². The fourth-order valence-electron chi connectivity index (χ4n) is 3.11. The standard InChI is InChI=1S/C19H28N2O5S/c1-13(2)17(19(23)26-4)20-18(22)15-9-8-14(3)16(12-15)27(24,25)21-10-6-5-7-11-21/h8-9,12-13,17H,5-7,10-11H2,1-4H3,(H,20,22)/t17-/m1/s1. The summed E-state index contributed by atoms with van der Waals surface area (Å²) >= 11 is 0. The first-order valence-electron chi connectivity index (χ1n) is 9.18. The van der Waals surface area contributed by atoms with E-state index in [9.17, 15) is 18.0 Å². The summed E-state index contributed by atoms with van der Waals surface area (Å²) in [6.45, 7) is 6.29. The van der Waals surface area contributed by atoms with Crippen molar-refractivity contribution in [1.29, 1.82) is 0 Å². The van der Waals surface area contributed by atoms with Gasteiger partial charge in [0.2, 0.25) is 10.0 Å². The van der Waals surface area contributed by atoms with E-state index >= 15 is 0 Å². The molecule has 0 aromatic heterocycles. The molecular weight excluding hydrogens is 368 g/mol. The Balaban J connectivity index is 2.30. The van der Waals surface area contributed by atoms with Gasteiger partial charge in [0.25, 0.3) is 5.91 Å². The Morgan fingerprint density at radius 1 is 1.15 bits per heavy atom. The molecule has 0 aliphatic carbocycles. The Bertz CT molecular complexity index is 798. The van der Waals surface area contributed by atoms with E-state index in [4.69, 9.17) is 4.74 Å². The van der Waals surface area contributed by atoms with E-state index in [1.807, 2.05) is 0 Å². The van der Waals surface area contributed by atoms with Crippen LogP contribution in [-0.4, -0.2) is 50.8 Å². The first-order valence-corrected chi connectivity index (χ1v) is 10.6. The van der Waals surface area contributed by atoms with Gasteiger partial charge in [-0.15, -0.1) is 0 Å². The zero-order valence-corrected chi connectivity index (χ0v) is 17.1. The third-order valence-corrected chi connectivity index (χ3v) is 6.83. The topological polar surface area (TPSA) is 92.8 Å². The monoisotopic (exact) mass is 396 g/mol. The highest BCUT2D eigenvalue weighted by Crippen LogP contribution is 2.24. The van der Waals surface area contributed by atoms with Gasteiger partial charge >= 0.3 is 5.97 Å². The van der Waals surface area contributed by atoms with Crippen molar-refractivity contribution in [3.8, 4) is 0 Å². The lowest BCUT2D eigenvalue weighted by Gasteiger charge is -2.26. The maximum absolute atomic E-state index is 13.0. The molecule has 1 heterocycles. The number of rotatable bonds is 6. The van der Waals surface area contributed by atoms with Crippen LogP contribution < -0.4 is 5.32 Å². The fourth-order valence-corrected chi connectivity index (χ4v) is 4.88. The second-order valence-corrected chi connectivity index (χ2v) is 9.07. The van der Waals surface area contributed by atoms with E-state index < -0.39 is 27.9 Å². The molecule has 1 aliphatic heterocycles. The van der Waals surface area contributed by atoms with E-state index in [0.29, 0.717) is 18.7 Å². The van der Waals surface area contributed by atoms with Crippen LogP contribution in [0.2, 0.25) is 0 Å². The number of hydrogen-bond donors (Lipinski definition) is 1. The molecule has 1 aromatic carbocycles. The highest BCUT2D eigenvalue weighted by Gasteiger charge is 2.29. The van der Waals surface area contributed by atoms with Crippen molar-refractivity contribution in [3.63, 3.8) is 0 Å². The number of amides is 1. The maximum atomic E-state index is 13.0. The van der Waals surface area contributed by atoms with Gasteiger partial charge in [-0.05, 0) is 43.4 Å². The average Bonchev–Trinajstić information content (AvgIpc) is 2.65. The number of carbonyl (C=O) groups is 2. The number of benzene rings is 1. The number of nitrogens with zero attached hydrogens (tertiary/aromatic N) is 1. The minimum absolute atomic E-state index is 0.135. The molecule has 0 saturated carbocycles. The predicted molar refractivity (Wildman–Crippen MR) is 102 cm³/mol. The number of sulfonamides is 1. The third-order valence-electron chi connectivity index (χ3n) is 4.79. The van der Waals surface area contributed by atoms with Gasteiger partial charge in [-0.25, -0.2) is 13.2 Å². The summed E-state index contributed by atoms with van der Waals surface area (Å²) in [5.41, 5.74) is 0.788. The van der Waals surface area contributed by atoms with Gasteiger partial charge in [0.15, 0.2) is 0 Å². The van der Waals surface area contributed by atoms with E-state index in [2.05, 4.69) is 5.32 Å². The second-order valence-electron chi connectivity index (χ2n) is 7.16. The predicted octanol–water partition coefficient (Wildman–Crippen LogP) is 2.10. The van der Waals surface area contributed by atoms with E-state index in [-0.39, 0.29) is 16.4 Å². The summed E-state index contributed by atoms with van der Waals surface area (Å²) in [6, 6.07) is 3.78. The smallest absolute Gasteiger partial charge is 0.328 e. The molecule has 1 aliphatic rings. The van der Waals surface area contributed by atoms with Crippen LogP contribution in [-0.2, 0) is 19.6 Å². The number of aryl methyl sites for hydroxylation is 1. The van der Waals surface area contributed by atoms with E-state index in [0.717, 1.165) is 19.3 Å². The largest absolute Gasteiger partial charge is 0.467 e. The Hall–Kier alpha value is -1.93. The molecule has 1 fully saturated rings. The van der Waals surface area contributed by atoms with Crippen molar-refractivity contribution in [2.24, 2.45) is 5.92 Å². The number of carbonyl (C=O) groups excluding carboxylic acids is 2. The molecular formula is C19H28N2O5S. The summed E-state index contributed by atoms with van der Waals surface area (Å²) in [6.07, 6.45) is 2.71. The lowest BCUT2D eigenvalue weighted by molar-refractivity contribution is -0.144. The van der Waals surface area contributed by atoms with Gasteiger partial charge in [-0.2, -0.15) is 4.31 Å². The molecule has 0 spiro atoms. The Kier molecular flexibility index (Phi) is 7.00. The molecule has 1 aromatic rings. The van der Waals surface area contributed by atoms with Crippen molar-refractivity contribution < 1.29 is 22.7 Å². The minimum atomic E-state index is -3.65. The number of ether oxygens (including phenoxy) is 1. The molecule has 8 heteroatoms. The molecule has 0 bridgehead atoms. The van der Waals surface area contributed by atoms with Gasteiger partial charge < -0.3 is 10.1 Å². The lowest BCUT2D eigenvalue weighted by Crippen LogP contribution is -2.45. The molecule has 0 radical (unpaired) electrons. The quantitative estimate of drug-likeness (QED) is 0.744. The second kappa shape index (κ2) is 8.84. The minimum Gasteiger partial charge on any atom is -0.467 e. The summed E-state index contributed by atoms with van der Waals surface area (Å²) in [5.74, 6) is -1.20. The molecule has 1 amide bonds. The SMILES string of the molecule is COC(=O)[C@H](NC(=O)c1ccc(C)c(S(=O)(=O)N2CCCCC2)c1)C(C)C. The van der Waals surface area contributed by atoms with Gasteiger partial charge in [0.05, 0.1) is 12.0 Å². The Labute approximate surface area is 161 Å². The highest BCUT2D eigenvalue weighted by atomic mass is 32.2. The summed E-state index contributed by atoms with van der Waals surface area (Å²) < 4.78 is 32.2. The Morgan fingerprint density at radius 2 is 1.78 bits per heavy atom. The Morgan fingerprint density at radius 3 is 2.33 bits per heavy atom. The van der Waals surface area contributed by atoms with Crippen molar-refractivity contribution in [3.05, 3.63) is 29.3 Å². The molecule has 7 nitrogen and oxygen atoms in total.